The first-order valence-corrected chi connectivity index (χ1v) is 6.96. The molecule has 1 heterocycles. The summed E-state index contributed by atoms with van der Waals surface area (Å²) in [6, 6.07) is 0. The number of thiazole rings is 1. The second-order valence-corrected chi connectivity index (χ2v) is 5.47. The second-order valence-electron chi connectivity index (χ2n) is 4.75. The van der Waals surface area contributed by atoms with E-state index in [1.54, 1.807) is 11.3 Å². The van der Waals surface area contributed by atoms with Crippen molar-refractivity contribution in [3.8, 4) is 0 Å². The average molecular weight is 240 g/mol. The highest BCUT2D eigenvalue weighted by molar-refractivity contribution is 7.07. The zero-order chi connectivity index (χ0) is 11.3. The molecule has 3 nitrogen and oxygen atoms in total. The zero-order valence-electron chi connectivity index (χ0n) is 9.65. The first-order valence-electron chi connectivity index (χ1n) is 6.02. The van der Waals surface area contributed by atoms with Crippen molar-refractivity contribution in [1.29, 1.82) is 0 Å². The van der Waals surface area contributed by atoms with Gasteiger partial charge in [0, 0.05) is 10.9 Å². The van der Waals surface area contributed by atoms with E-state index in [4.69, 9.17) is 10.5 Å². The van der Waals surface area contributed by atoms with E-state index in [-0.39, 0.29) is 5.54 Å². The molecule has 1 aromatic rings. The Morgan fingerprint density at radius 2 is 2.06 bits per heavy atom. The van der Waals surface area contributed by atoms with Crippen molar-refractivity contribution in [2.45, 2.75) is 50.7 Å². The van der Waals surface area contributed by atoms with Crippen molar-refractivity contribution in [3.05, 3.63) is 16.6 Å². The maximum absolute atomic E-state index is 6.36. The Hall–Kier alpha value is -0.450. The number of hydrogen-bond acceptors (Lipinski definition) is 4. The van der Waals surface area contributed by atoms with E-state index in [1.165, 1.54) is 25.7 Å². The Bertz CT molecular complexity index is 292. The number of ether oxygens (including phenoxy) is 1. The summed E-state index contributed by atoms with van der Waals surface area (Å²) in [4.78, 5) is 4.19. The Labute approximate surface area is 101 Å². The average Bonchev–Trinajstić information content (AvgIpc) is 2.68. The number of aromatic nitrogens is 1. The third-order valence-electron chi connectivity index (χ3n) is 3.22. The molecule has 0 atom stereocenters. The predicted molar refractivity (Wildman–Crippen MR) is 66.4 cm³/mol. The minimum absolute atomic E-state index is 0.0908. The van der Waals surface area contributed by atoms with Gasteiger partial charge in [-0.2, -0.15) is 0 Å². The summed E-state index contributed by atoms with van der Waals surface area (Å²) in [5.74, 6) is 0. The number of rotatable bonds is 4. The highest BCUT2D eigenvalue weighted by Crippen LogP contribution is 2.25. The molecule has 90 valence electrons. The first-order chi connectivity index (χ1) is 7.79. The van der Waals surface area contributed by atoms with Crippen LogP contribution in [0.25, 0.3) is 0 Å². The van der Waals surface area contributed by atoms with E-state index >= 15 is 0 Å². The molecule has 0 aromatic carbocycles. The van der Waals surface area contributed by atoms with Crippen LogP contribution in [0.1, 0.15) is 44.2 Å². The van der Waals surface area contributed by atoms with Crippen molar-refractivity contribution in [2.75, 3.05) is 6.61 Å². The molecule has 1 saturated carbocycles. The smallest absolute Gasteiger partial charge is 0.0897 e. The molecule has 0 saturated heterocycles. The summed E-state index contributed by atoms with van der Waals surface area (Å²) >= 11 is 1.61. The second kappa shape index (κ2) is 5.75. The fourth-order valence-corrected chi connectivity index (χ4v) is 2.79. The quantitative estimate of drug-likeness (QED) is 0.823. The maximum Gasteiger partial charge on any atom is 0.0897 e. The fraction of sp³-hybridized carbons (Fsp3) is 0.750. The van der Waals surface area contributed by atoms with Gasteiger partial charge in [0.15, 0.2) is 0 Å². The van der Waals surface area contributed by atoms with Gasteiger partial charge in [0.25, 0.3) is 0 Å². The van der Waals surface area contributed by atoms with Crippen molar-refractivity contribution in [1.82, 2.24) is 4.98 Å². The van der Waals surface area contributed by atoms with Crippen LogP contribution in [0, 0.1) is 0 Å². The maximum atomic E-state index is 6.36. The Morgan fingerprint density at radius 3 is 2.69 bits per heavy atom. The van der Waals surface area contributed by atoms with Crippen LogP contribution in [-0.4, -0.2) is 17.1 Å². The lowest BCUT2D eigenvalue weighted by molar-refractivity contribution is 0.0652. The minimum Gasteiger partial charge on any atom is -0.373 e. The molecule has 0 amide bonds. The van der Waals surface area contributed by atoms with E-state index in [2.05, 4.69) is 4.98 Å². The van der Waals surface area contributed by atoms with E-state index in [9.17, 15) is 0 Å². The van der Waals surface area contributed by atoms with Gasteiger partial charge < -0.3 is 10.5 Å². The molecule has 0 unspecified atom stereocenters. The number of nitrogens with two attached hydrogens (primary N) is 1. The number of hydrogen-bond donors (Lipinski definition) is 1. The van der Waals surface area contributed by atoms with Crippen LogP contribution in [0.2, 0.25) is 0 Å². The lowest BCUT2D eigenvalue weighted by atomic mass is 9.93. The predicted octanol–water partition coefficient (Wildman–Crippen LogP) is 2.71. The molecule has 2 rings (SSSR count). The normalized spacial score (nSPS) is 20.6. The molecule has 0 radical (unpaired) electrons. The van der Waals surface area contributed by atoms with Crippen LogP contribution in [0.4, 0.5) is 0 Å². The summed E-state index contributed by atoms with van der Waals surface area (Å²) < 4.78 is 5.70. The molecule has 2 N–H and O–H groups in total. The molecule has 1 aliphatic rings. The molecule has 1 aliphatic carbocycles. The third kappa shape index (κ3) is 3.54. The van der Waals surface area contributed by atoms with Crippen LogP contribution in [0.5, 0.6) is 0 Å². The summed E-state index contributed by atoms with van der Waals surface area (Å²) in [7, 11) is 0. The van der Waals surface area contributed by atoms with Crippen molar-refractivity contribution >= 4 is 11.3 Å². The Morgan fingerprint density at radius 1 is 1.31 bits per heavy atom. The molecule has 4 heteroatoms. The molecule has 0 aliphatic heterocycles. The van der Waals surface area contributed by atoms with Crippen LogP contribution < -0.4 is 5.73 Å². The molecule has 16 heavy (non-hydrogen) atoms. The molecular formula is C12H20N2OS. The van der Waals surface area contributed by atoms with Crippen LogP contribution in [0.3, 0.4) is 0 Å². The molecule has 0 spiro atoms. The molecule has 1 aromatic heterocycles. The first kappa shape index (κ1) is 12.0. The van der Waals surface area contributed by atoms with Gasteiger partial charge in [0.05, 0.1) is 24.4 Å². The van der Waals surface area contributed by atoms with Gasteiger partial charge in [0.2, 0.25) is 0 Å². The Balaban J connectivity index is 1.75. The van der Waals surface area contributed by atoms with Crippen molar-refractivity contribution < 1.29 is 4.74 Å². The summed E-state index contributed by atoms with van der Waals surface area (Å²) in [6.45, 7) is 1.27. The van der Waals surface area contributed by atoms with E-state index in [0.717, 1.165) is 18.5 Å². The van der Waals surface area contributed by atoms with E-state index in [0.29, 0.717) is 13.2 Å². The summed E-state index contributed by atoms with van der Waals surface area (Å²) in [5.41, 5.74) is 9.12. The van der Waals surface area contributed by atoms with Gasteiger partial charge in [-0.25, -0.2) is 4.98 Å². The number of nitrogens with zero attached hydrogens (tertiary/aromatic N) is 1. The molecule has 1 fully saturated rings. The molecule has 0 bridgehead atoms. The monoisotopic (exact) mass is 240 g/mol. The SMILES string of the molecule is NC1(COCc2cscn2)CCCCCC1. The van der Waals surface area contributed by atoms with Crippen LogP contribution in [0.15, 0.2) is 10.9 Å². The Kier molecular flexibility index (Phi) is 4.32. The largest absolute Gasteiger partial charge is 0.373 e. The highest BCUT2D eigenvalue weighted by Gasteiger charge is 2.26. The fourth-order valence-electron chi connectivity index (χ4n) is 2.24. The standard InChI is InChI=1S/C12H20N2OS/c13-12(5-3-1-2-4-6-12)9-15-7-11-8-16-10-14-11/h8,10H,1-7,9,13H2. The van der Waals surface area contributed by atoms with Gasteiger partial charge in [-0.1, -0.05) is 25.7 Å². The van der Waals surface area contributed by atoms with Crippen LogP contribution >= 0.6 is 11.3 Å². The van der Waals surface area contributed by atoms with Gasteiger partial charge >= 0.3 is 0 Å². The highest BCUT2D eigenvalue weighted by atomic mass is 32.1. The van der Waals surface area contributed by atoms with Crippen molar-refractivity contribution in [3.63, 3.8) is 0 Å². The lowest BCUT2D eigenvalue weighted by Crippen LogP contribution is -2.43. The van der Waals surface area contributed by atoms with Gasteiger partial charge in [-0.05, 0) is 12.8 Å². The topological polar surface area (TPSA) is 48.1 Å². The van der Waals surface area contributed by atoms with Gasteiger partial charge in [-0.15, -0.1) is 11.3 Å². The summed E-state index contributed by atoms with van der Waals surface area (Å²) in [5, 5.41) is 2.02. The lowest BCUT2D eigenvalue weighted by Gasteiger charge is -2.27. The molecular weight excluding hydrogens is 220 g/mol. The minimum atomic E-state index is -0.0908. The third-order valence-corrected chi connectivity index (χ3v) is 3.86. The summed E-state index contributed by atoms with van der Waals surface area (Å²) in [6.07, 6.45) is 7.34. The van der Waals surface area contributed by atoms with Crippen LogP contribution in [-0.2, 0) is 11.3 Å². The van der Waals surface area contributed by atoms with E-state index in [1.807, 2.05) is 10.9 Å². The van der Waals surface area contributed by atoms with Gasteiger partial charge in [0.1, 0.15) is 0 Å². The zero-order valence-corrected chi connectivity index (χ0v) is 10.5. The van der Waals surface area contributed by atoms with Crippen molar-refractivity contribution in [2.24, 2.45) is 5.73 Å². The van der Waals surface area contributed by atoms with E-state index < -0.39 is 0 Å². The van der Waals surface area contributed by atoms with Gasteiger partial charge in [-0.3, -0.25) is 0 Å².